The van der Waals surface area contributed by atoms with Crippen LogP contribution in [0.3, 0.4) is 0 Å². The highest BCUT2D eigenvalue weighted by Crippen LogP contribution is 1.88. The van der Waals surface area contributed by atoms with Gasteiger partial charge in [0.2, 0.25) is 0 Å². The first-order chi connectivity index (χ1) is 4.00. The van der Waals surface area contributed by atoms with Crippen molar-refractivity contribution >= 4 is 0 Å². The molecule has 0 amide bonds. The summed E-state index contributed by atoms with van der Waals surface area (Å²) in [7, 11) is 0. The molecule has 0 N–H and O–H groups in total. The SMILES string of the molecule is C1#CC/C=C\C=C/C1. The zero-order valence-corrected chi connectivity index (χ0v) is 4.72. The van der Waals surface area contributed by atoms with Crippen LogP contribution < -0.4 is 0 Å². The van der Waals surface area contributed by atoms with Crippen molar-refractivity contribution < 1.29 is 0 Å². The van der Waals surface area contributed by atoms with E-state index in [0.717, 1.165) is 12.8 Å². The lowest BCUT2D eigenvalue weighted by Gasteiger charge is -1.80. The molecule has 0 heterocycles. The van der Waals surface area contributed by atoms with Crippen molar-refractivity contribution in [1.29, 1.82) is 0 Å². The van der Waals surface area contributed by atoms with Gasteiger partial charge in [0.25, 0.3) is 0 Å². The van der Waals surface area contributed by atoms with E-state index in [2.05, 4.69) is 24.0 Å². The molecule has 1 rings (SSSR count). The maximum absolute atomic E-state index is 3.00. The second-order valence-electron chi connectivity index (χ2n) is 1.62. The van der Waals surface area contributed by atoms with E-state index in [1.54, 1.807) is 0 Å². The lowest BCUT2D eigenvalue weighted by atomic mass is 10.3. The number of hydrogen-bond acceptors (Lipinski definition) is 0. The fourth-order valence-corrected chi connectivity index (χ4v) is 0.555. The van der Waals surface area contributed by atoms with Gasteiger partial charge in [-0.25, -0.2) is 0 Å². The third-order valence-electron chi connectivity index (χ3n) is 0.948. The molecule has 0 bridgehead atoms. The van der Waals surface area contributed by atoms with E-state index in [4.69, 9.17) is 0 Å². The molecule has 0 aliphatic heterocycles. The molecule has 1 aliphatic rings. The summed E-state index contributed by atoms with van der Waals surface area (Å²) in [6.45, 7) is 0. The number of rotatable bonds is 0. The molecular formula is C8H8. The first-order valence-electron chi connectivity index (χ1n) is 2.77. The minimum absolute atomic E-state index is 0.907. The average molecular weight is 104 g/mol. The Kier molecular flexibility index (Phi) is 2.01. The first-order valence-corrected chi connectivity index (χ1v) is 2.77. The zero-order valence-electron chi connectivity index (χ0n) is 4.72. The van der Waals surface area contributed by atoms with Crippen LogP contribution in [-0.4, -0.2) is 0 Å². The highest BCUT2D eigenvalue weighted by atomic mass is 13.8. The Hall–Kier alpha value is -0.960. The smallest absolute Gasteiger partial charge is 0.0272 e. The molecule has 0 saturated carbocycles. The van der Waals surface area contributed by atoms with E-state index < -0.39 is 0 Å². The second kappa shape index (κ2) is 3.10. The molecule has 0 fully saturated rings. The molecule has 0 radical (unpaired) electrons. The third-order valence-corrected chi connectivity index (χ3v) is 0.948. The van der Waals surface area contributed by atoms with E-state index in [1.165, 1.54) is 0 Å². The van der Waals surface area contributed by atoms with Crippen molar-refractivity contribution in [3.63, 3.8) is 0 Å². The molecule has 0 atom stereocenters. The Labute approximate surface area is 49.9 Å². The molecule has 0 aromatic carbocycles. The van der Waals surface area contributed by atoms with Gasteiger partial charge in [-0.05, 0) is 0 Å². The second-order valence-corrected chi connectivity index (χ2v) is 1.62. The minimum atomic E-state index is 0.907. The van der Waals surface area contributed by atoms with Crippen LogP contribution in [0.15, 0.2) is 24.3 Å². The largest absolute Gasteiger partial charge is 0.0988 e. The van der Waals surface area contributed by atoms with Crippen LogP contribution in [0.2, 0.25) is 0 Å². The summed E-state index contributed by atoms with van der Waals surface area (Å²) in [4.78, 5) is 0. The maximum Gasteiger partial charge on any atom is 0.0272 e. The predicted octanol–water partition coefficient (Wildman–Crippen LogP) is 1.90. The summed E-state index contributed by atoms with van der Waals surface area (Å²) in [6, 6.07) is 0. The highest BCUT2D eigenvalue weighted by Gasteiger charge is 1.72. The van der Waals surface area contributed by atoms with Gasteiger partial charge < -0.3 is 0 Å². The minimum Gasteiger partial charge on any atom is -0.0988 e. The molecule has 0 unspecified atom stereocenters. The Morgan fingerprint density at radius 3 is 1.88 bits per heavy atom. The number of allylic oxidation sites excluding steroid dienone is 4. The van der Waals surface area contributed by atoms with E-state index in [0.29, 0.717) is 0 Å². The monoisotopic (exact) mass is 104 g/mol. The average Bonchev–Trinajstić information content (AvgIpc) is 1.62. The molecule has 0 heteroatoms. The summed E-state index contributed by atoms with van der Waals surface area (Å²) in [5.74, 6) is 6.00. The van der Waals surface area contributed by atoms with Crippen LogP contribution in [0.25, 0.3) is 0 Å². The maximum atomic E-state index is 3.00. The van der Waals surface area contributed by atoms with Gasteiger partial charge >= 0.3 is 0 Å². The van der Waals surface area contributed by atoms with Gasteiger partial charge in [0, 0.05) is 12.8 Å². The van der Waals surface area contributed by atoms with Crippen LogP contribution in [0.5, 0.6) is 0 Å². The van der Waals surface area contributed by atoms with Gasteiger partial charge in [0.05, 0.1) is 0 Å². The molecule has 1 aliphatic carbocycles. The molecule has 0 saturated heterocycles. The Bertz CT molecular complexity index is 144. The molecule has 0 aromatic heterocycles. The molecular weight excluding hydrogens is 96.1 g/mol. The summed E-state index contributed by atoms with van der Waals surface area (Å²) in [6.07, 6.45) is 10.0. The van der Waals surface area contributed by atoms with Gasteiger partial charge in [-0.1, -0.05) is 36.1 Å². The topological polar surface area (TPSA) is 0 Å². The summed E-state index contributed by atoms with van der Waals surface area (Å²) >= 11 is 0. The van der Waals surface area contributed by atoms with Crippen molar-refractivity contribution in [3.05, 3.63) is 24.3 Å². The van der Waals surface area contributed by atoms with Gasteiger partial charge in [0.15, 0.2) is 0 Å². The van der Waals surface area contributed by atoms with Crippen LogP contribution >= 0.6 is 0 Å². The van der Waals surface area contributed by atoms with Crippen molar-refractivity contribution in [2.75, 3.05) is 0 Å². The van der Waals surface area contributed by atoms with Crippen molar-refractivity contribution in [2.45, 2.75) is 12.8 Å². The van der Waals surface area contributed by atoms with Gasteiger partial charge in [-0.15, -0.1) is 0 Å². The molecule has 0 aromatic rings. The fourth-order valence-electron chi connectivity index (χ4n) is 0.555. The Balaban J connectivity index is 2.58. The summed E-state index contributed by atoms with van der Waals surface area (Å²) in [5, 5.41) is 0. The van der Waals surface area contributed by atoms with Crippen LogP contribution in [0.1, 0.15) is 12.8 Å². The Morgan fingerprint density at radius 1 is 0.875 bits per heavy atom. The van der Waals surface area contributed by atoms with E-state index in [1.807, 2.05) is 12.2 Å². The van der Waals surface area contributed by atoms with Crippen LogP contribution in [-0.2, 0) is 0 Å². The molecule has 40 valence electrons. The van der Waals surface area contributed by atoms with Gasteiger partial charge in [-0.2, -0.15) is 0 Å². The van der Waals surface area contributed by atoms with Crippen LogP contribution in [0, 0.1) is 11.8 Å². The number of hydrogen-bond donors (Lipinski definition) is 0. The normalized spacial score (nSPS) is 24.0. The highest BCUT2D eigenvalue weighted by molar-refractivity contribution is 5.15. The lowest BCUT2D eigenvalue weighted by molar-refractivity contribution is 1.39. The molecule has 0 nitrogen and oxygen atoms in total. The molecule has 8 heavy (non-hydrogen) atoms. The lowest BCUT2D eigenvalue weighted by Crippen LogP contribution is -1.64. The standard InChI is InChI=1S/C8H8/c1-2-4-6-8-7-5-3-1/h1-4H,5-6H2/b3-1-,4-2-. The van der Waals surface area contributed by atoms with Gasteiger partial charge in [0.1, 0.15) is 0 Å². The van der Waals surface area contributed by atoms with Gasteiger partial charge in [-0.3, -0.25) is 0 Å². The van der Waals surface area contributed by atoms with E-state index in [-0.39, 0.29) is 0 Å². The van der Waals surface area contributed by atoms with Crippen LogP contribution in [0.4, 0.5) is 0 Å². The third kappa shape index (κ3) is 1.66. The first kappa shape index (κ1) is 5.18. The summed E-state index contributed by atoms with van der Waals surface area (Å²) < 4.78 is 0. The van der Waals surface area contributed by atoms with E-state index >= 15 is 0 Å². The molecule has 0 spiro atoms. The quantitative estimate of drug-likeness (QED) is 0.412. The predicted molar refractivity (Wildman–Crippen MR) is 35.3 cm³/mol. The zero-order chi connectivity index (χ0) is 5.66. The Morgan fingerprint density at radius 2 is 1.38 bits per heavy atom. The van der Waals surface area contributed by atoms with Crippen molar-refractivity contribution in [2.24, 2.45) is 0 Å². The van der Waals surface area contributed by atoms with Crippen molar-refractivity contribution in [3.8, 4) is 11.8 Å². The summed E-state index contributed by atoms with van der Waals surface area (Å²) in [5.41, 5.74) is 0. The van der Waals surface area contributed by atoms with E-state index in [9.17, 15) is 0 Å². The van der Waals surface area contributed by atoms with Crippen molar-refractivity contribution in [1.82, 2.24) is 0 Å². The fraction of sp³-hybridized carbons (Fsp3) is 0.250.